The first-order chi connectivity index (χ1) is 16.9. The summed E-state index contributed by atoms with van der Waals surface area (Å²) < 4.78 is 13.1. The number of benzene rings is 2. The van der Waals surface area contributed by atoms with Crippen molar-refractivity contribution >= 4 is 27.3 Å². The molecule has 1 fully saturated rings. The van der Waals surface area contributed by atoms with Gasteiger partial charge in [-0.05, 0) is 38.5 Å². The Kier molecular flexibility index (Phi) is 7.45. The fourth-order valence-corrected chi connectivity index (χ4v) is 5.78. The third kappa shape index (κ3) is 5.90. The van der Waals surface area contributed by atoms with Crippen LogP contribution in [0.4, 0.5) is 0 Å². The van der Waals surface area contributed by atoms with Crippen molar-refractivity contribution in [3.63, 3.8) is 0 Å². The molecule has 1 N–H and O–H groups in total. The van der Waals surface area contributed by atoms with Crippen LogP contribution in [0, 0.1) is 6.92 Å². The topological polar surface area (TPSA) is 70.4 Å². The molecule has 2 unspecified atom stereocenters. The van der Waals surface area contributed by atoms with E-state index in [9.17, 15) is 5.11 Å². The molecular weight excluding hydrogens is 460 g/mol. The number of aryl methyl sites for hydroxylation is 1. The smallest absolute Gasteiger partial charge is 0.146 e. The van der Waals surface area contributed by atoms with Crippen molar-refractivity contribution < 1.29 is 14.6 Å². The van der Waals surface area contributed by atoms with Gasteiger partial charge in [0.25, 0.3) is 0 Å². The minimum Gasteiger partial charge on any atom is -0.491 e. The average molecular weight is 495 g/mol. The van der Waals surface area contributed by atoms with Gasteiger partial charge in [0.1, 0.15) is 30.8 Å². The van der Waals surface area contributed by atoms with E-state index < -0.39 is 6.10 Å². The van der Waals surface area contributed by atoms with Gasteiger partial charge in [-0.1, -0.05) is 30.3 Å². The van der Waals surface area contributed by atoms with Gasteiger partial charge in [-0.2, -0.15) is 0 Å². The van der Waals surface area contributed by atoms with E-state index >= 15 is 0 Å². The Morgan fingerprint density at radius 2 is 2.00 bits per heavy atom. The summed E-state index contributed by atoms with van der Waals surface area (Å²) in [6.45, 7) is 10.7. The van der Waals surface area contributed by atoms with E-state index in [0.717, 1.165) is 58.4 Å². The second-order valence-electron chi connectivity index (χ2n) is 9.55. The van der Waals surface area contributed by atoms with E-state index in [0.29, 0.717) is 12.6 Å². The predicted octanol–water partition coefficient (Wildman–Crippen LogP) is 3.91. The van der Waals surface area contributed by atoms with Crippen molar-refractivity contribution in [2.24, 2.45) is 4.99 Å². The highest BCUT2D eigenvalue weighted by atomic mass is 32.1. The number of hydrogen-bond acceptors (Lipinski definition) is 8. The van der Waals surface area contributed by atoms with E-state index in [-0.39, 0.29) is 18.9 Å². The maximum absolute atomic E-state index is 10.7. The molecule has 0 spiro atoms. The summed E-state index contributed by atoms with van der Waals surface area (Å²) in [5.41, 5.74) is 3.21. The van der Waals surface area contributed by atoms with Gasteiger partial charge in [0, 0.05) is 44.8 Å². The van der Waals surface area contributed by atoms with E-state index in [1.54, 1.807) is 11.3 Å². The molecule has 5 rings (SSSR count). The van der Waals surface area contributed by atoms with Gasteiger partial charge in [0.05, 0.1) is 20.9 Å². The third-order valence-electron chi connectivity index (χ3n) is 6.67. The molecule has 1 aromatic heterocycles. The minimum absolute atomic E-state index is 0.0640. The van der Waals surface area contributed by atoms with E-state index in [1.165, 1.54) is 0 Å². The second-order valence-corrected chi connectivity index (χ2v) is 10.8. The number of rotatable bonds is 8. The molecule has 2 aromatic carbocycles. The number of piperazine rings is 1. The summed E-state index contributed by atoms with van der Waals surface area (Å²) >= 11 is 1.68. The molecule has 2 aliphatic rings. The molecule has 2 aliphatic heterocycles. The van der Waals surface area contributed by atoms with E-state index in [1.807, 2.05) is 50.2 Å². The molecule has 8 heteroatoms. The highest BCUT2D eigenvalue weighted by molar-refractivity contribution is 7.18. The highest BCUT2D eigenvalue weighted by Crippen LogP contribution is 2.28. The van der Waals surface area contributed by atoms with Crippen LogP contribution in [0.15, 0.2) is 53.5 Å². The van der Waals surface area contributed by atoms with Gasteiger partial charge in [0.15, 0.2) is 0 Å². The largest absolute Gasteiger partial charge is 0.491 e. The van der Waals surface area contributed by atoms with Crippen molar-refractivity contribution in [2.75, 3.05) is 39.3 Å². The lowest BCUT2D eigenvalue weighted by Gasteiger charge is -2.40. The molecule has 0 saturated carbocycles. The van der Waals surface area contributed by atoms with Crippen LogP contribution in [-0.4, -0.2) is 83.3 Å². The molecule has 0 amide bonds. The zero-order valence-electron chi connectivity index (χ0n) is 20.6. The lowest BCUT2D eigenvalue weighted by Crippen LogP contribution is -2.55. The SMILES string of the molecule is Cc1nc2cc(OC[C@@H](O)CN3CCN(CC4=NC(C)O[C@H]4c4ccccc4)CC3C)ccc2s1. The lowest BCUT2D eigenvalue weighted by molar-refractivity contribution is 0.0242. The van der Waals surface area contributed by atoms with Crippen molar-refractivity contribution in [1.82, 2.24) is 14.8 Å². The molecule has 0 aliphatic carbocycles. The Bertz CT molecular complexity index is 1170. The molecule has 3 heterocycles. The molecule has 7 nitrogen and oxygen atoms in total. The highest BCUT2D eigenvalue weighted by Gasteiger charge is 2.32. The van der Waals surface area contributed by atoms with E-state index in [2.05, 4.69) is 33.8 Å². The van der Waals surface area contributed by atoms with Crippen molar-refractivity contribution in [3.8, 4) is 5.75 Å². The van der Waals surface area contributed by atoms with Gasteiger partial charge in [0.2, 0.25) is 0 Å². The van der Waals surface area contributed by atoms with Gasteiger partial charge in [-0.25, -0.2) is 4.98 Å². The fraction of sp³-hybridized carbons (Fsp3) is 0.481. The summed E-state index contributed by atoms with van der Waals surface area (Å²) in [5.74, 6) is 0.751. The first kappa shape index (κ1) is 24.3. The second kappa shape index (κ2) is 10.7. The van der Waals surface area contributed by atoms with Crippen molar-refractivity contribution in [1.29, 1.82) is 0 Å². The molecule has 0 radical (unpaired) electrons. The zero-order valence-corrected chi connectivity index (χ0v) is 21.4. The van der Waals surface area contributed by atoms with Crippen molar-refractivity contribution in [3.05, 3.63) is 59.1 Å². The first-order valence-corrected chi connectivity index (χ1v) is 13.2. The minimum atomic E-state index is -0.548. The number of hydrogen-bond donors (Lipinski definition) is 1. The molecule has 3 aromatic rings. The van der Waals surface area contributed by atoms with Gasteiger partial charge < -0.3 is 14.6 Å². The molecule has 35 heavy (non-hydrogen) atoms. The van der Waals surface area contributed by atoms with Crippen LogP contribution in [0.5, 0.6) is 5.75 Å². The Labute approximate surface area is 211 Å². The molecule has 4 atom stereocenters. The Balaban J connectivity index is 1.11. The summed E-state index contributed by atoms with van der Waals surface area (Å²) in [6.07, 6.45) is -0.719. The molecule has 1 saturated heterocycles. The quantitative estimate of drug-likeness (QED) is 0.512. The van der Waals surface area contributed by atoms with Crippen LogP contribution in [0.3, 0.4) is 0 Å². The van der Waals surface area contributed by atoms with Crippen LogP contribution >= 0.6 is 11.3 Å². The lowest BCUT2D eigenvalue weighted by atomic mass is 10.0. The van der Waals surface area contributed by atoms with Crippen LogP contribution in [0.25, 0.3) is 10.2 Å². The van der Waals surface area contributed by atoms with Gasteiger partial charge >= 0.3 is 0 Å². The van der Waals surface area contributed by atoms with Gasteiger partial charge in [-0.3, -0.25) is 14.8 Å². The maximum Gasteiger partial charge on any atom is 0.146 e. The molecular formula is C27H34N4O3S. The number of nitrogens with zero attached hydrogens (tertiary/aromatic N) is 4. The van der Waals surface area contributed by atoms with Crippen LogP contribution in [-0.2, 0) is 4.74 Å². The average Bonchev–Trinajstić information content (AvgIpc) is 3.40. The summed E-state index contributed by atoms with van der Waals surface area (Å²) in [4.78, 5) is 14.1. The van der Waals surface area contributed by atoms with Crippen LogP contribution < -0.4 is 4.74 Å². The number of aliphatic hydroxyl groups is 1. The number of β-amino-alcohol motifs (C(OH)–C–C–N with tert-alkyl or cyclic N) is 1. The number of thiazole rings is 1. The summed E-state index contributed by atoms with van der Waals surface area (Å²) in [5, 5.41) is 11.7. The molecule has 0 bridgehead atoms. The monoisotopic (exact) mass is 494 g/mol. The molecule has 186 valence electrons. The standard InChI is InChI=1S/C27H34N4O3S/c1-18-14-30(16-25-27(34-19(2)28-25)21-7-5-4-6-8-21)11-12-31(18)15-22(32)17-33-23-9-10-26-24(13-23)29-20(3)35-26/h4-10,13,18-19,22,27,32H,11-12,14-17H2,1-3H3/t18?,19?,22-,27-/m0/s1. The predicted molar refractivity (Wildman–Crippen MR) is 140 cm³/mol. The fourth-order valence-electron chi connectivity index (χ4n) is 4.97. The van der Waals surface area contributed by atoms with Crippen molar-refractivity contribution in [2.45, 2.75) is 45.2 Å². The third-order valence-corrected chi connectivity index (χ3v) is 7.63. The summed E-state index contributed by atoms with van der Waals surface area (Å²) in [7, 11) is 0. The summed E-state index contributed by atoms with van der Waals surface area (Å²) in [6, 6.07) is 16.6. The number of aliphatic imine (C=N–C) groups is 1. The van der Waals surface area contributed by atoms with Crippen LogP contribution in [0.1, 0.15) is 30.5 Å². The Hall–Kier alpha value is -2.36. The maximum atomic E-state index is 10.7. The number of ether oxygens (including phenoxy) is 2. The Morgan fingerprint density at radius 3 is 2.80 bits per heavy atom. The number of aromatic nitrogens is 1. The Morgan fingerprint density at radius 1 is 1.17 bits per heavy atom. The van der Waals surface area contributed by atoms with Gasteiger partial charge in [-0.15, -0.1) is 11.3 Å². The number of aliphatic hydroxyl groups excluding tert-OH is 1. The number of fused-ring (bicyclic) bond motifs is 1. The van der Waals surface area contributed by atoms with E-state index in [4.69, 9.17) is 14.5 Å². The van der Waals surface area contributed by atoms with Crippen LogP contribution in [0.2, 0.25) is 0 Å². The zero-order chi connectivity index (χ0) is 24.4. The first-order valence-electron chi connectivity index (χ1n) is 12.4. The normalized spacial score (nSPS) is 24.6.